The maximum absolute atomic E-state index is 14.1. The summed E-state index contributed by atoms with van der Waals surface area (Å²) in [5.74, 6) is -0.186. The van der Waals surface area contributed by atoms with Gasteiger partial charge in [-0.05, 0) is 49.3 Å². The third-order valence-corrected chi connectivity index (χ3v) is 3.97. The second-order valence-corrected chi connectivity index (χ2v) is 5.64. The molecule has 0 N–H and O–H groups in total. The lowest BCUT2D eigenvalue weighted by Crippen LogP contribution is -2.30. The van der Waals surface area contributed by atoms with Crippen LogP contribution in [0.5, 0.6) is 0 Å². The van der Waals surface area contributed by atoms with E-state index in [4.69, 9.17) is 11.6 Å². The summed E-state index contributed by atoms with van der Waals surface area (Å²) in [5.41, 5.74) is 0.649. The van der Waals surface area contributed by atoms with Gasteiger partial charge < -0.3 is 4.90 Å². The number of rotatable bonds is 5. The Balaban J connectivity index is 1.92. The zero-order chi connectivity index (χ0) is 12.7. The van der Waals surface area contributed by atoms with Gasteiger partial charge in [0.2, 0.25) is 0 Å². The molecule has 18 heavy (non-hydrogen) atoms. The Kier molecular flexibility index (Phi) is 3.18. The summed E-state index contributed by atoms with van der Waals surface area (Å²) in [6.07, 6.45) is 4.46. The molecule has 0 spiro atoms. The van der Waals surface area contributed by atoms with E-state index >= 15 is 0 Å². The summed E-state index contributed by atoms with van der Waals surface area (Å²) in [5, 5.41) is 0. The van der Waals surface area contributed by atoms with Gasteiger partial charge in [-0.25, -0.2) is 8.78 Å². The lowest BCUT2D eigenvalue weighted by molar-refractivity contribution is 0.561. The van der Waals surface area contributed by atoms with Crippen molar-refractivity contribution < 1.29 is 8.78 Å². The number of hydrogen-bond donors (Lipinski definition) is 0. The molecule has 4 heteroatoms. The first-order chi connectivity index (χ1) is 8.69. The highest BCUT2D eigenvalue weighted by Gasteiger charge is 2.36. The van der Waals surface area contributed by atoms with Gasteiger partial charge >= 0.3 is 0 Å². The van der Waals surface area contributed by atoms with E-state index in [9.17, 15) is 8.78 Å². The van der Waals surface area contributed by atoms with Crippen molar-refractivity contribution >= 4 is 17.3 Å². The molecule has 2 aliphatic carbocycles. The molecule has 3 rings (SSSR count). The number of alkyl halides is 1. The highest BCUT2D eigenvalue weighted by atomic mass is 35.5. The van der Waals surface area contributed by atoms with E-state index in [1.165, 1.54) is 25.0 Å². The summed E-state index contributed by atoms with van der Waals surface area (Å²) in [6.45, 7) is 0.790. The van der Waals surface area contributed by atoms with Crippen LogP contribution in [0.15, 0.2) is 12.1 Å². The molecule has 0 aliphatic heterocycles. The van der Waals surface area contributed by atoms with Gasteiger partial charge in [-0.2, -0.15) is 0 Å². The van der Waals surface area contributed by atoms with E-state index in [1.807, 2.05) is 4.90 Å². The maximum atomic E-state index is 14.1. The van der Waals surface area contributed by atoms with Gasteiger partial charge in [0.1, 0.15) is 17.3 Å². The smallest absolute Gasteiger partial charge is 0.149 e. The van der Waals surface area contributed by atoms with E-state index in [2.05, 4.69) is 0 Å². The third-order valence-electron chi connectivity index (χ3n) is 3.66. The average Bonchev–Trinajstić information content (AvgIpc) is 3.19. The fraction of sp³-hybridized carbons (Fsp3) is 0.571. The fourth-order valence-corrected chi connectivity index (χ4v) is 2.51. The van der Waals surface area contributed by atoms with Crippen LogP contribution in [0.25, 0.3) is 0 Å². The molecule has 2 saturated carbocycles. The van der Waals surface area contributed by atoms with Gasteiger partial charge in [0.25, 0.3) is 0 Å². The second-order valence-electron chi connectivity index (χ2n) is 5.37. The summed E-state index contributed by atoms with van der Waals surface area (Å²) in [4.78, 5) is 1.93. The molecule has 2 fully saturated rings. The molecule has 0 saturated heterocycles. The molecule has 98 valence electrons. The first kappa shape index (κ1) is 12.2. The van der Waals surface area contributed by atoms with Crippen LogP contribution in [0.1, 0.15) is 31.2 Å². The molecule has 0 heterocycles. The average molecular weight is 272 g/mol. The van der Waals surface area contributed by atoms with Gasteiger partial charge in [-0.3, -0.25) is 0 Å². The number of benzene rings is 1. The van der Waals surface area contributed by atoms with E-state index in [1.54, 1.807) is 0 Å². The quantitative estimate of drug-likeness (QED) is 0.730. The van der Waals surface area contributed by atoms with Crippen molar-refractivity contribution in [2.45, 2.75) is 37.6 Å². The number of hydrogen-bond acceptors (Lipinski definition) is 1. The molecule has 0 amide bonds. The molecular formula is C14H16ClF2N. The topological polar surface area (TPSA) is 3.24 Å². The van der Waals surface area contributed by atoms with Crippen LogP contribution in [-0.4, -0.2) is 12.6 Å². The van der Waals surface area contributed by atoms with E-state index in [0.29, 0.717) is 17.5 Å². The van der Waals surface area contributed by atoms with Crippen LogP contribution in [0.4, 0.5) is 14.5 Å². The molecule has 0 aromatic heterocycles. The van der Waals surface area contributed by atoms with Crippen LogP contribution in [0, 0.1) is 17.6 Å². The Morgan fingerprint density at radius 3 is 2.17 bits per heavy atom. The van der Waals surface area contributed by atoms with Crippen molar-refractivity contribution in [2.75, 3.05) is 11.4 Å². The van der Waals surface area contributed by atoms with E-state index in [0.717, 1.165) is 19.4 Å². The third kappa shape index (κ3) is 2.46. The zero-order valence-corrected chi connectivity index (χ0v) is 10.9. The zero-order valence-electron chi connectivity index (χ0n) is 10.1. The molecule has 2 aliphatic rings. The number of nitrogens with zero attached hydrogens (tertiary/aromatic N) is 1. The molecular weight excluding hydrogens is 256 g/mol. The highest BCUT2D eigenvalue weighted by molar-refractivity contribution is 6.17. The first-order valence-corrected chi connectivity index (χ1v) is 7.03. The standard InChI is InChI=1S/C14H16ClF2N/c15-7-10-5-12(16)14(13(17)6-10)18(11-3-4-11)8-9-1-2-9/h5-6,9,11H,1-4,7-8H2. The minimum absolute atomic E-state index is 0.139. The minimum Gasteiger partial charge on any atom is -0.364 e. The normalized spacial score (nSPS) is 19.1. The van der Waals surface area contributed by atoms with Gasteiger partial charge in [-0.15, -0.1) is 11.6 Å². The molecule has 1 nitrogen and oxygen atoms in total. The molecule has 1 aromatic rings. The largest absolute Gasteiger partial charge is 0.364 e. The van der Waals surface area contributed by atoms with Crippen molar-refractivity contribution in [3.05, 3.63) is 29.3 Å². The van der Waals surface area contributed by atoms with Crippen molar-refractivity contribution in [3.63, 3.8) is 0 Å². The predicted octanol–water partition coefficient (Wildman–Crippen LogP) is 4.08. The summed E-state index contributed by atoms with van der Waals surface area (Å²) < 4.78 is 28.1. The lowest BCUT2D eigenvalue weighted by Gasteiger charge is -2.26. The second kappa shape index (κ2) is 4.69. The summed E-state index contributed by atoms with van der Waals surface area (Å²) >= 11 is 5.63. The molecule has 0 unspecified atom stereocenters. The van der Waals surface area contributed by atoms with Crippen LogP contribution >= 0.6 is 11.6 Å². The Hall–Kier alpha value is -0.830. The maximum Gasteiger partial charge on any atom is 0.149 e. The van der Waals surface area contributed by atoms with E-state index in [-0.39, 0.29) is 11.6 Å². The van der Waals surface area contributed by atoms with Crippen molar-refractivity contribution in [1.82, 2.24) is 0 Å². The SMILES string of the molecule is Fc1cc(CCl)cc(F)c1N(CC1CC1)C1CC1. The Morgan fingerprint density at radius 2 is 1.72 bits per heavy atom. The van der Waals surface area contributed by atoms with Crippen molar-refractivity contribution in [3.8, 4) is 0 Å². The van der Waals surface area contributed by atoms with Crippen molar-refractivity contribution in [1.29, 1.82) is 0 Å². The van der Waals surface area contributed by atoms with Gasteiger partial charge in [0, 0.05) is 18.5 Å². The fourth-order valence-electron chi connectivity index (χ4n) is 2.36. The Bertz CT molecular complexity index is 432. The number of anilines is 1. The van der Waals surface area contributed by atoms with Crippen LogP contribution < -0.4 is 4.90 Å². The summed E-state index contributed by atoms with van der Waals surface area (Å²) in [6, 6.07) is 3.04. The number of halogens is 3. The van der Waals surface area contributed by atoms with E-state index < -0.39 is 11.6 Å². The van der Waals surface area contributed by atoms with Crippen LogP contribution in [0.3, 0.4) is 0 Å². The molecule has 0 radical (unpaired) electrons. The molecule has 0 bridgehead atoms. The Morgan fingerprint density at radius 1 is 1.11 bits per heavy atom. The Labute approximate surface area is 111 Å². The van der Waals surface area contributed by atoms with Gasteiger partial charge in [0.05, 0.1) is 0 Å². The predicted molar refractivity (Wildman–Crippen MR) is 69.0 cm³/mol. The molecule has 0 atom stereocenters. The minimum atomic E-state index is -0.474. The first-order valence-electron chi connectivity index (χ1n) is 6.49. The highest BCUT2D eigenvalue weighted by Crippen LogP contribution is 2.39. The summed E-state index contributed by atoms with van der Waals surface area (Å²) in [7, 11) is 0. The van der Waals surface area contributed by atoms with Gasteiger partial charge in [-0.1, -0.05) is 0 Å². The van der Waals surface area contributed by atoms with Crippen LogP contribution in [-0.2, 0) is 5.88 Å². The van der Waals surface area contributed by atoms with Crippen molar-refractivity contribution in [2.24, 2.45) is 5.92 Å². The van der Waals surface area contributed by atoms with Crippen LogP contribution in [0.2, 0.25) is 0 Å². The lowest BCUT2D eigenvalue weighted by atomic mass is 10.1. The monoisotopic (exact) mass is 271 g/mol. The van der Waals surface area contributed by atoms with Gasteiger partial charge in [0.15, 0.2) is 0 Å². The molecule has 1 aromatic carbocycles.